The van der Waals surface area contributed by atoms with Gasteiger partial charge in [-0.15, -0.1) is 0 Å². The molecule has 0 saturated carbocycles. The molecular weight excluding hydrogens is 240 g/mol. The number of benzene rings is 1. The maximum atomic E-state index is 13.7. The van der Waals surface area contributed by atoms with Gasteiger partial charge in [-0.1, -0.05) is 0 Å². The molecule has 1 aliphatic heterocycles. The zero-order chi connectivity index (χ0) is 13.3. The van der Waals surface area contributed by atoms with E-state index in [1.165, 1.54) is 13.0 Å². The Balaban J connectivity index is 2.19. The van der Waals surface area contributed by atoms with Crippen LogP contribution in [0.15, 0.2) is 12.1 Å². The highest BCUT2D eigenvalue weighted by molar-refractivity contribution is 5.74. The Hall–Kier alpha value is -1.85. The van der Waals surface area contributed by atoms with Gasteiger partial charge in [0.2, 0.25) is 5.91 Å². The predicted octanol–water partition coefficient (Wildman–Crippen LogP) is 1.26. The van der Waals surface area contributed by atoms with Crippen molar-refractivity contribution < 1.29 is 13.6 Å². The average molecular weight is 255 g/mol. The van der Waals surface area contributed by atoms with E-state index in [1.54, 1.807) is 4.90 Å². The number of carbonyl (C=O) groups excluding carboxylic acids is 1. The number of hydrogen-bond acceptors (Lipinski definition) is 3. The second kappa shape index (κ2) is 4.80. The molecular formula is C12H15F2N3O. The first-order chi connectivity index (χ1) is 8.49. The molecule has 1 fully saturated rings. The van der Waals surface area contributed by atoms with Gasteiger partial charge in [-0.3, -0.25) is 4.79 Å². The van der Waals surface area contributed by atoms with Crippen molar-refractivity contribution in [2.75, 3.05) is 23.7 Å². The number of amides is 1. The van der Waals surface area contributed by atoms with Gasteiger partial charge in [-0.05, 0) is 18.6 Å². The van der Waals surface area contributed by atoms with Gasteiger partial charge in [0.15, 0.2) is 11.6 Å². The largest absolute Gasteiger partial charge is 0.397 e. The molecule has 4 nitrogen and oxygen atoms in total. The molecule has 0 radical (unpaired) electrons. The van der Waals surface area contributed by atoms with Gasteiger partial charge in [0.1, 0.15) is 0 Å². The molecule has 1 atom stereocenters. The molecule has 2 rings (SSSR count). The van der Waals surface area contributed by atoms with E-state index in [0.29, 0.717) is 19.5 Å². The third kappa shape index (κ3) is 2.37. The molecule has 1 amide bonds. The maximum absolute atomic E-state index is 13.7. The smallest absolute Gasteiger partial charge is 0.217 e. The Kier molecular flexibility index (Phi) is 3.36. The number of rotatable bonds is 2. The SMILES string of the molecule is CC(=O)NC1CCN(c2c(N)ccc(F)c2F)C1. The van der Waals surface area contributed by atoms with Crippen molar-refractivity contribution in [1.29, 1.82) is 0 Å². The maximum Gasteiger partial charge on any atom is 0.217 e. The Morgan fingerprint density at radius 2 is 2.22 bits per heavy atom. The van der Waals surface area contributed by atoms with Crippen molar-refractivity contribution in [3.05, 3.63) is 23.8 Å². The first kappa shape index (κ1) is 12.6. The first-order valence-electron chi connectivity index (χ1n) is 5.74. The number of carbonyl (C=O) groups is 1. The third-order valence-corrected chi connectivity index (χ3v) is 3.01. The molecule has 3 N–H and O–H groups in total. The van der Waals surface area contributed by atoms with Gasteiger partial charge in [-0.25, -0.2) is 8.78 Å². The number of nitrogens with two attached hydrogens (primary N) is 1. The summed E-state index contributed by atoms with van der Waals surface area (Å²) in [7, 11) is 0. The van der Waals surface area contributed by atoms with Crippen molar-refractivity contribution >= 4 is 17.3 Å². The fourth-order valence-corrected chi connectivity index (χ4v) is 2.24. The van der Waals surface area contributed by atoms with E-state index in [1.807, 2.05) is 0 Å². The van der Waals surface area contributed by atoms with E-state index in [0.717, 1.165) is 6.07 Å². The van der Waals surface area contributed by atoms with Gasteiger partial charge in [0.25, 0.3) is 0 Å². The standard InChI is InChI=1S/C12H15F2N3O/c1-7(18)16-8-4-5-17(6-8)12-10(15)3-2-9(13)11(12)14/h2-3,8H,4-6,15H2,1H3,(H,16,18). The second-order valence-electron chi connectivity index (χ2n) is 4.43. The molecule has 0 bridgehead atoms. The van der Waals surface area contributed by atoms with Crippen LogP contribution in [0, 0.1) is 11.6 Å². The number of halogens is 2. The normalized spacial score (nSPS) is 19.1. The minimum absolute atomic E-state index is 0.0513. The van der Waals surface area contributed by atoms with Crippen LogP contribution >= 0.6 is 0 Å². The van der Waals surface area contributed by atoms with Crippen LogP contribution in [-0.4, -0.2) is 25.0 Å². The Morgan fingerprint density at radius 3 is 2.89 bits per heavy atom. The highest BCUT2D eigenvalue weighted by atomic mass is 19.2. The van der Waals surface area contributed by atoms with E-state index in [2.05, 4.69) is 5.32 Å². The lowest BCUT2D eigenvalue weighted by Crippen LogP contribution is -2.35. The number of anilines is 2. The summed E-state index contributed by atoms with van der Waals surface area (Å²) in [5.41, 5.74) is 5.97. The predicted molar refractivity (Wildman–Crippen MR) is 65.2 cm³/mol. The lowest BCUT2D eigenvalue weighted by molar-refractivity contribution is -0.119. The van der Waals surface area contributed by atoms with E-state index in [9.17, 15) is 13.6 Å². The Morgan fingerprint density at radius 1 is 1.50 bits per heavy atom. The minimum Gasteiger partial charge on any atom is -0.397 e. The van der Waals surface area contributed by atoms with Gasteiger partial charge in [0, 0.05) is 26.1 Å². The van der Waals surface area contributed by atoms with Crippen LogP contribution in [-0.2, 0) is 4.79 Å². The van der Waals surface area contributed by atoms with Crippen LogP contribution in [0.2, 0.25) is 0 Å². The van der Waals surface area contributed by atoms with Crippen LogP contribution < -0.4 is 16.0 Å². The van der Waals surface area contributed by atoms with Crippen LogP contribution in [0.5, 0.6) is 0 Å². The molecule has 1 aromatic rings. The third-order valence-electron chi connectivity index (χ3n) is 3.01. The van der Waals surface area contributed by atoms with E-state index < -0.39 is 11.6 Å². The van der Waals surface area contributed by atoms with Gasteiger partial charge < -0.3 is 16.0 Å². The van der Waals surface area contributed by atoms with Crippen molar-refractivity contribution in [2.24, 2.45) is 0 Å². The zero-order valence-electron chi connectivity index (χ0n) is 10.0. The molecule has 0 aliphatic carbocycles. The summed E-state index contributed by atoms with van der Waals surface area (Å²) in [6, 6.07) is 2.30. The molecule has 1 heterocycles. The highest BCUT2D eigenvalue weighted by Crippen LogP contribution is 2.31. The molecule has 0 spiro atoms. The van der Waals surface area contributed by atoms with Crippen LogP contribution in [0.25, 0.3) is 0 Å². The lowest BCUT2D eigenvalue weighted by atomic mass is 10.2. The molecule has 18 heavy (non-hydrogen) atoms. The fraction of sp³-hybridized carbons (Fsp3) is 0.417. The second-order valence-corrected chi connectivity index (χ2v) is 4.43. The molecule has 1 aromatic carbocycles. The molecule has 1 unspecified atom stereocenters. The van der Waals surface area contributed by atoms with Gasteiger partial charge in [-0.2, -0.15) is 0 Å². The first-order valence-corrected chi connectivity index (χ1v) is 5.74. The summed E-state index contributed by atoms with van der Waals surface area (Å²) in [6.45, 7) is 2.40. The summed E-state index contributed by atoms with van der Waals surface area (Å²) in [5.74, 6) is -1.98. The lowest BCUT2D eigenvalue weighted by Gasteiger charge is -2.21. The quantitative estimate of drug-likeness (QED) is 0.782. The topological polar surface area (TPSA) is 58.4 Å². The summed E-state index contributed by atoms with van der Waals surface area (Å²) in [4.78, 5) is 12.6. The Labute approximate surface area is 104 Å². The average Bonchev–Trinajstić information content (AvgIpc) is 2.71. The molecule has 6 heteroatoms. The molecule has 1 aliphatic rings. The van der Waals surface area contributed by atoms with E-state index >= 15 is 0 Å². The number of nitrogens with zero attached hydrogens (tertiary/aromatic N) is 1. The van der Waals surface area contributed by atoms with Crippen molar-refractivity contribution in [3.8, 4) is 0 Å². The monoisotopic (exact) mass is 255 g/mol. The van der Waals surface area contributed by atoms with Gasteiger partial charge >= 0.3 is 0 Å². The molecule has 98 valence electrons. The summed E-state index contributed by atoms with van der Waals surface area (Å²) >= 11 is 0. The summed E-state index contributed by atoms with van der Waals surface area (Å²) in [6.07, 6.45) is 0.689. The number of nitrogens with one attached hydrogen (secondary N) is 1. The van der Waals surface area contributed by atoms with Crippen LogP contribution in [0.3, 0.4) is 0 Å². The molecule has 0 aromatic heterocycles. The van der Waals surface area contributed by atoms with Crippen LogP contribution in [0.4, 0.5) is 20.2 Å². The Bertz CT molecular complexity index is 479. The minimum atomic E-state index is -0.932. The van der Waals surface area contributed by atoms with Crippen molar-refractivity contribution in [2.45, 2.75) is 19.4 Å². The van der Waals surface area contributed by atoms with E-state index in [-0.39, 0.29) is 23.3 Å². The van der Waals surface area contributed by atoms with Gasteiger partial charge in [0.05, 0.1) is 11.4 Å². The summed E-state index contributed by atoms with van der Waals surface area (Å²) < 4.78 is 26.9. The zero-order valence-corrected chi connectivity index (χ0v) is 10.0. The van der Waals surface area contributed by atoms with Crippen molar-refractivity contribution in [3.63, 3.8) is 0 Å². The number of nitrogen functional groups attached to an aromatic ring is 1. The molecule has 1 saturated heterocycles. The highest BCUT2D eigenvalue weighted by Gasteiger charge is 2.27. The van der Waals surface area contributed by atoms with E-state index in [4.69, 9.17) is 5.73 Å². The number of hydrogen-bond donors (Lipinski definition) is 2. The van der Waals surface area contributed by atoms with Crippen LogP contribution in [0.1, 0.15) is 13.3 Å². The summed E-state index contributed by atoms with van der Waals surface area (Å²) in [5, 5.41) is 2.76. The van der Waals surface area contributed by atoms with Crippen molar-refractivity contribution in [1.82, 2.24) is 5.32 Å². The fourth-order valence-electron chi connectivity index (χ4n) is 2.24.